The summed E-state index contributed by atoms with van der Waals surface area (Å²) < 4.78 is 7.11. The topological polar surface area (TPSA) is 76.5 Å². The number of amides is 1. The molecule has 27 heavy (non-hydrogen) atoms. The molecule has 2 atom stereocenters. The van der Waals surface area contributed by atoms with Gasteiger partial charge < -0.3 is 10.1 Å². The first-order chi connectivity index (χ1) is 12.9. The van der Waals surface area contributed by atoms with Crippen molar-refractivity contribution < 1.29 is 9.53 Å². The first-order valence-electron chi connectivity index (χ1n) is 9.54. The van der Waals surface area contributed by atoms with Crippen LogP contribution in [0.5, 0.6) is 0 Å². The van der Waals surface area contributed by atoms with Gasteiger partial charge in [-0.1, -0.05) is 18.2 Å². The zero-order valence-electron chi connectivity index (χ0n) is 16.4. The largest absolute Gasteiger partial charge is 0.373 e. The van der Waals surface area contributed by atoms with Crippen LogP contribution in [0.1, 0.15) is 44.2 Å². The van der Waals surface area contributed by atoms with Gasteiger partial charge in [0.2, 0.25) is 0 Å². The maximum Gasteiger partial charge on any atom is 0.274 e. The number of nitrogens with zero attached hydrogens (tertiary/aromatic N) is 3. The van der Waals surface area contributed by atoms with Crippen molar-refractivity contribution in [3.63, 3.8) is 0 Å². The Morgan fingerprint density at radius 1 is 1.22 bits per heavy atom. The lowest BCUT2D eigenvalue weighted by molar-refractivity contribution is -0.0672. The van der Waals surface area contributed by atoms with E-state index in [9.17, 15) is 9.59 Å². The summed E-state index contributed by atoms with van der Waals surface area (Å²) in [6.07, 6.45) is 0.398. The van der Waals surface area contributed by atoms with Crippen molar-refractivity contribution >= 4 is 16.7 Å². The molecule has 7 nitrogen and oxygen atoms in total. The molecule has 7 heteroatoms. The van der Waals surface area contributed by atoms with Crippen LogP contribution in [0.3, 0.4) is 0 Å². The Hall–Kier alpha value is -2.25. The van der Waals surface area contributed by atoms with Gasteiger partial charge in [-0.15, -0.1) is 0 Å². The molecule has 1 fully saturated rings. The molecular weight excluding hydrogens is 344 g/mol. The predicted octanol–water partition coefficient (Wildman–Crippen LogP) is 1.82. The summed E-state index contributed by atoms with van der Waals surface area (Å²) in [5, 5.41) is 8.41. The van der Waals surface area contributed by atoms with Gasteiger partial charge in [0, 0.05) is 31.6 Å². The first kappa shape index (κ1) is 19.5. The Morgan fingerprint density at radius 3 is 2.48 bits per heavy atom. The average molecular weight is 372 g/mol. The van der Waals surface area contributed by atoms with Gasteiger partial charge in [0.05, 0.1) is 23.6 Å². The van der Waals surface area contributed by atoms with Gasteiger partial charge in [-0.2, -0.15) is 5.10 Å². The van der Waals surface area contributed by atoms with Gasteiger partial charge in [-0.25, -0.2) is 4.68 Å². The van der Waals surface area contributed by atoms with E-state index >= 15 is 0 Å². The molecule has 1 saturated heterocycles. The van der Waals surface area contributed by atoms with Crippen LogP contribution in [0.25, 0.3) is 10.8 Å². The van der Waals surface area contributed by atoms with E-state index in [-0.39, 0.29) is 29.7 Å². The van der Waals surface area contributed by atoms with Crippen LogP contribution in [0.2, 0.25) is 0 Å². The van der Waals surface area contributed by atoms with Crippen LogP contribution in [0, 0.1) is 0 Å². The summed E-state index contributed by atoms with van der Waals surface area (Å²) in [4.78, 5) is 27.7. The highest BCUT2D eigenvalue weighted by Gasteiger charge is 2.22. The third-order valence-corrected chi connectivity index (χ3v) is 4.74. The third-order valence-electron chi connectivity index (χ3n) is 4.74. The Bertz CT molecular complexity index is 867. The summed E-state index contributed by atoms with van der Waals surface area (Å²) in [6, 6.07) is 7.01. The number of morpholine rings is 1. The summed E-state index contributed by atoms with van der Waals surface area (Å²) in [7, 11) is 0. The van der Waals surface area contributed by atoms with Crippen molar-refractivity contribution in [2.45, 2.75) is 45.9 Å². The fourth-order valence-corrected chi connectivity index (χ4v) is 3.60. The Labute approximate surface area is 159 Å². The monoisotopic (exact) mass is 372 g/mol. The number of rotatable bonds is 5. The maximum atomic E-state index is 12.8. The third kappa shape index (κ3) is 4.36. The second kappa shape index (κ2) is 8.19. The second-order valence-electron chi connectivity index (χ2n) is 7.51. The van der Waals surface area contributed by atoms with Crippen molar-refractivity contribution in [3.8, 4) is 0 Å². The van der Waals surface area contributed by atoms with Gasteiger partial charge in [0.25, 0.3) is 11.5 Å². The molecule has 2 heterocycles. The molecule has 0 aliphatic carbocycles. The summed E-state index contributed by atoms with van der Waals surface area (Å²) in [5.41, 5.74) is 0.121. The number of carbonyl (C=O) groups is 1. The number of benzene rings is 1. The van der Waals surface area contributed by atoms with Gasteiger partial charge in [-0.05, 0) is 33.8 Å². The van der Waals surface area contributed by atoms with E-state index in [0.29, 0.717) is 23.0 Å². The van der Waals surface area contributed by atoms with E-state index in [0.717, 1.165) is 19.6 Å². The zero-order chi connectivity index (χ0) is 19.6. The van der Waals surface area contributed by atoms with Crippen LogP contribution < -0.4 is 10.9 Å². The average Bonchev–Trinajstić information content (AvgIpc) is 2.61. The van der Waals surface area contributed by atoms with Gasteiger partial charge >= 0.3 is 0 Å². The summed E-state index contributed by atoms with van der Waals surface area (Å²) >= 11 is 0. The number of hydrogen-bond donors (Lipinski definition) is 1. The van der Waals surface area contributed by atoms with E-state index in [4.69, 9.17) is 4.74 Å². The lowest BCUT2D eigenvalue weighted by Crippen LogP contribution is -2.48. The molecule has 0 saturated carbocycles. The molecule has 1 aliphatic heterocycles. The Morgan fingerprint density at radius 2 is 1.85 bits per heavy atom. The van der Waals surface area contributed by atoms with Crippen molar-refractivity contribution in [2.75, 3.05) is 26.2 Å². The minimum atomic E-state index is -0.255. The summed E-state index contributed by atoms with van der Waals surface area (Å²) in [6.45, 7) is 10.9. The highest BCUT2D eigenvalue weighted by atomic mass is 16.5. The van der Waals surface area contributed by atoms with E-state index < -0.39 is 0 Å². The predicted molar refractivity (Wildman–Crippen MR) is 105 cm³/mol. The SMILES string of the molecule is CC1CN(CCNC(=O)c2nn(C(C)C)c(=O)c3ccccc23)CC(C)O1. The molecule has 146 valence electrons. The van der Waals surface area contributed by atoms with Crippen LogP contribution in [0.15, 0.2) is 29.1 Å². The highest BCUT2D eigenvalue weighted by Crippen LogP contribution is 2.15. The van der Waals surface area contributed by atoms with Crippen LogP contribution in [-0.4, -0.2) is 59.0 Å². The number of fused-ring (bicyclic) bond motifs is 1. The molecule has 0 radical (unpaired) electrons. The van der Waals surface area contributed by atoms with E-state index in [1.807, 2.05) is 19.9 Å². The van der Waals surface area contributed by atoms with Gasteiger partial charge in [0.15, 0.2) is 5.69 Å². The standard InChI is InChI=1S/C20H28N4O3/c1-13(2)24-20(26)17-8-6-5-7-16(17)18(22-24)19(25)21-9-10-23-11-14(3)27-15(4)12-23/h5-8,13-15H,9-12H2,1-4H3,(H,21,25). The van der Waals surface area contributed by atoms with Crippen molar-refractivity contribution in [2.24, 2.45) is 0 Å². The van der Waals surface area contributed by atoms with Crippen molar-refractivity contribution in [3.05, 3.63) is 40.3 Å². The van der Waals surface area contributed by atoms with Crippen molar-refractivity contribution in [1.29, 1.82) is 0 Å². The van der Waals surface area contributed by atoms with Crippen LogP contribution in [-0.2, 0) is 4.74 Å². The smallest absolute Gasteiger partial charge is 0.274 e. The Kier molecular flexibility index (Phi) is 5.92. The lowest BCUT2D eigenvalue weighted by atomic mass is 10.1. The van der Waals surface area contributed by atoms with E-state index in [1.54, 1.807) is 18.2 Å². The van der Waals surface area contributed by atoms with Gasteiger partial charge in [-0.3, -0.25) is 14.5 Å². The number of hydrogen-bond acceptors (Lipinski definition) is 5. The molecule has 2 unspecified atom stereocenters. The summed E-state index contributed by atoms with van der Waals surface area (Å²) in [5.74, 6) is -0.255. The first-order valence-corrected chi connectivity index (χ1v) is 9.54. The minimum Gasteiger partial charge on any atom is -0.373 e. The maximum absolute atomic E-state index is 12.8. The van der Waals surface area contributed by atoms with Crippen LogP contribution in [0.4, 0.5) is 0 Å². The molecule has 3 rings (SSSR count). The zero-order valence-corrected chi connectivity index (χ0v) is 16.4. The quantitative estimate of drug-likeness (QED) is 0.866. The minimum absolute atomic E-state index is 0.120. The number of ether oxygens (including phenoxy) is 1. The molecule has 1 amide bonds. The molecule has 1 N–H and O–H groups in total. The molecule has 2 aromatic rings. The number of nitrogens with one attached hydrogen (secondary N) is 1. The number of carbonyl (C=O) groups excluding carboxylic acids is 1. The normalized spacial score (nSPS) is 20.9. The number of aromatic nitrogens is 2. The van der Waals surface area contributed by atoms with E-state index in [1.165, 1.54) is 4.68 Å². The Balaban J connectivity index is 1.76. The van der Waals surface area contributed by atoms with Gasteiger partial charge in [0.1, 0.15) is 0 Å². The fraction of sp³-hybridized carbons (Fsp3) is 0.550. The molecule has 0 spiro atoms. The van der Waals surface area contributed by atoms with E-state index in [2.05, 4.69) is 29.2 Å². The molecule has 1 aliphatic rings. The lowest BCUT2D eigenvalue weighted by Gasteiger charge is -2.35. The molecule has 0 bridgehead atoms. The molecule has 1 aromatic heterocycles. The molecular formula is C20H28N4O3. The van der Waals surface area contributed by atoms with Crippen molar-refractivity contribution in [1.82, 2.24) is 20.0 Å². The fourth-order valence-electron chi connectivity index (χ4n) is 3.60. The highest BCUT2D eigenvalue weighted by molar-refractivity contribution is 6.04. The second-order valence-corrected chi connectivity index (χ2v) is 7.51. The molecule has 1 aromatic carbocycles. The van der Waals surface area contributed by atoms with Crippen LogP contribution >= 0.6 is 0 Å².